The number of nitrogens with zero attached hydrogens (tertiary/aromatic N) is 1. The van der Waals surface area contributed by atoms with E-state index in [-0.39, 0.29) is 30.3 Å². The van der Waals surface area contributed by atoms with Crippen LogP contribution >= 0.6 is 0 Å². The molecule has 0 radical (unpaired) electrons. The van der Waals surface area contributed by atoms with Gasteiger partial charge >= 0.3 is 6.03 Å². The number of morpholine rings is 1. The first kappa shape index (κ1) is 20.6. The van der Waals surface area contributed by atoms with Gasteiger partial charge in [0, 0.05) is 26.2 Å². The zero-order valence-electron chi connectivity index (χ0n) is 15.1. The lowest BCUT2D eigenvalue weighted by Crippen LogP contribution is -2.50. The van der Waals surface area contributed by atoms with Gasteiger partial charge in [0.05, 0.1) is 18.0 Å². The highest BCUT2D eigenvalue weighted by Crippen LogP contribution is 2.14. The van der Waals surface area contributed by atoms with E-state index in [4.69, 9.17) is 4.74 Å². The third-order valence-corrected chi connectivity index (χ3v) is 5.84. The molecule has 1 saturated heterocycles. The zero-order valence-corrected chi connectivity index (χ0v) is 15.9. The summed E-state index contributed by atoms with van der Waals surface area (Å²) in [6.07, 6.45) is 0.280. The Kier molecular flexibility index (Phi) is 7.36. The topological polar surface area (TPSA) is 87.7 Å². The molecule has 0 aromatic heterocycles. The number of nitrogens with one attached hydrogen (secondary N) is 2. The van der Waals surface area contributed by atoms with Crippen molar-refractivity contribution in [1.82, 2.24) is 14.9 Å². The number of carbonyl (C=O) groups excluding carboxylic acids is 1. The monoisotopic (exact) mass is 387 g/mol. The third-order valence-electron chi connectivity index (χ3n) is 4.04. The minimum Gasteiger partial charge on any atom is -0.373 e. The fraction of sp³-hybridized carbons (Fsp3) is 0.588. The number of hydrogen-bond donors (Lipinski definition) is 2. The molecule has 1 heterocycles. The second-order valence-electron chi connectivity index (χ2n) is 6.45. The van der Waals surface area contributed by atoms with Crippen LogP contribution in [-0.2, 0) is 21.2 Å². The molecule has 9 heteroatoms. The van der Waals surface area contributed by atoms with Gasteiger partial charge in [-0.05, 0) is 38.0 Å². The van der Waals surface area contributed by atoms with Gasteiger partial charge in [-0.25, -0.2) is 17.6 Å². The molecule has 1 aromatic rings. The number of rotatable bonds is 7. The summed E-state index contributed by atoms with van der Waals surface area (Å²) >= 11 is 0. The average Bonchev–Trinajstić information content (AvgIpc) is 2.55. The molecule has 2 amide bonds. The molecular formula is C17H26FN3O4S. The molecule has 0 unspecified atom stereocenters. The minimum atomic E-state index is -3.44. The van der Waals surface area contributed by atoms with Crippen molar-refractivity contribution in [3.05, 3.63) is 35.6 Å². The van der Waals surface area contributed by atoms with E-state index < -0.39 is 16.1 Å². The van der Waals surface area contributed by atoms with Gasteiger partial charge in [-0.1, -0.05) is 12.1 Å². The lowest BCUT2D eigenvalue weighted by atomic mass is 10.1. The van der Waals surface area contributed by atoms with Crippen molar-refractivity contribution >= 4 is 16.1 Å². The molecule has 2 N–H and O–H groups in total. The van der Waals surface area contributed by atoms with Crippen molar-refractivity contribution in [2.75, 3.05) is 31.9 Å². The summed E-state index contributed by atoms with van der Waals surface area (Å²) in [7, 11) is -3.44. The highest BCUT2D eigenvalue weighted by molar-refractivity contribution is 7.89. The van der Waals surface area contributed by atoms with Crippen LogP contribution in [0.2, 0.25) is 0 Å². The fourth-order valence-electron chi connectivity index (χ4n) is 2.81. The number of halogens is 1. The Morgan fingerprint density at radius 2 is 1.73 bits per heavy atom. The van der Waals surface area contributed by atoms with Gasteiger partial charge < -0.3 is 15.4 Å². The second-order valence-corrected chi connectivity index (χ2v) is 8.54. The standard InChI is InChI=1S/C17H26FN3O4S/c1-13-11-21(12-14(2)25-13)26(23,24)10-9-20-17(22)19-8-7-15-3-5-16(18)6-4-15/h3-6,13-14H,7-12H2,1-2H3,(H2,19,20,22)/t13-,14-/m1/s1. The number of urea groups is 1. The van der Waals surface area contributed by atoms with Gasteiger partial charge in [0.1, 0.15) is 5.82 Å². The SMILES string of the molecule is C[C@@H]1CN(S(=O)(=O)CCNC(=O)NCCc2ccc(F)cc2)C[C@@H](C)O1. The van der Waals surface area contributed by atoms with E-state index in [0.29, 0.717) is 26.1 Å². The van der Waals surface area contributed by atoms with Crippen LogP contribution in [0.1, 0.15) is 19.4 Å². The number of ether oxygens (including phenoxy) is 1. The maximum atomic E-state index is 12.8. The molecule has 1 aliphatic heterocycles. The summed E-state index contributed by atoms with van der Waals surface area (Å²) < 4.78 is 44.5. The number of amides is 2. The normalized spacial score (nSPS) is 21.3. The Morgan fingerprint density at radius 1 is 1.15 bits per heavy atom. The molecule has 0 spiro atoms. The van der Waals surface area contributed by atoms with Crippen LogP contribution in [0, 0.1) is 5.82 Å². The van der Waals surface area contributed by atoms with Crippen molar-refractivity contribution in [3.63, 3.8) is 0 Å². The van der Waals surface area contributed by atoms with Crippen LogP contribution < -0.4 is 10.6 Å². The molecule has 7 nitrogen and oxygen atoms in total. The van der Waals surface area contributed by atoms with E-state index in [9.17, 15) is 17.6 Å². The van der Waals surface area contributed by atoms with Crippen LogP contribution in [0.3, 0.4) is 0 Å². The largest absolute Gasteiger partial charge is 0.373 e. The van der Waals surface area contributed by atoms with Crippen LogP contribution in [-0.4, -0.2) is 62.9 Å². The molecule has 1 aliphatic rings. The minimum absolute atomic E-state index is 0.0326. The zero-order chi connectivity index (χ0) is 19.2. The molecular weight excluding hydrogens is 361 g/mol. The lowest BCUT2D eigenvalue weighted by Gasteiger charge is -2.34. The molecule has 2 rings (SSSR count). The van der Waals surface area contributed by atoms with Gasteiger partial charge in [0.2, 0.25) is 10.0 Å². The quantitative estimate of drug-likeness (QED) is 0.734. The molecule has 1 aromatic carbocycles. The van der Waals surface area contributed by atoms with E-state index in [1.54, 1.807) is 12.1 Å². The molecule has 26 heavy (non-hydrogen) atoms. The van der Waals surface area contributed by atoms with Gasteiger partial charge in [0.15, 0.2) is 0 Å². The number of carbonyl (C=O) groups is 1. The van der Waals surface area contributed by atoms with Crippen LogP contribution in [0.4, 0.5) is 9.18 Å². The second kappa shape index (κ2) is 9.29. The average molecular weight is 387 g/mol. The van der Waals surface area contributed by atoms with E-state index in [1.165, 1.54) is 16.4 Å². The molecule has 0 aliphatic carbocycles. The Labute approximate surface area is 154 Å². The van der Waals surface area contributed by atoms with Gasteiger partial charge in [-0.3, -0.25) is 0 Å². The van der Waals surface area contributed by atoms with E-state index in [1.807, 2.05) is 13.8 Å². The Hall–Kier alpha value is -1.71. The smallest absolute Gasteiger partial charge is 0.314 e. The predicted octanol–water partition coefficient (Wildman–Crippen LogP) is 1.11. The molecule has 1 fully saturated rings. The summed E-state index contributed by atoms with van der Waals surface area (Å²) in [4.78, 5) is 11.7. The highest BCUT2D eigenvalue weighted by atomic mass is 32.2. The third kappa shape index (κ3) is 6.54. The maximum Gasteiger partial charge on any atom is 0.314 e. The highest BCUT2D eigenvalue weighted by Gasteiger charge is 2.30. The molecule has 0 saturated carbocycles. The maximum absolute atomic E-state index is 12.8. The lowest BCUT2D eigenvalue weighted by molar-refractivity contribution is -0.0440. The molecule has 146 valence electrons. The summed E-state index contributed by atoms with van der Waals surface area (Å²) in [6.45, 7) is 4.75. The predicted molar refractivity (Wildman–Crippen MR) is 96.9 cm³/mol. The summed E-state index contributed by atoms with van der Waals surface area (Å²) in [6, 6.07) is 5.63. The first-order valence-electron chi connectivity index (χ1n) is 8.65. The number of hydrogen-bond acceptors (Lipinski definition) is 4. The van der Waals surface area contributed by atoms with Crippen LogP contribution in [0.25, 0.3) is 0 Å². The summed E-state index contributed by atoms with van der Waals surface area (Å²) in [5, 5.41) is 5.20. The number of sulfonamides is 1. The first-order valence-corrected chi connectivity index (χ1v) is 10.3. The van der Waals surface area contributed by atoms with Crippen molar-refractivity contribution in [3.8, 4) is 0 Å². The number of benzene rings is 1. The van der Waals surface area contributed by atoms with Crippen molar-refractivity contribution in [2.45, 2.75) is 32.5 Å². The Balaban J connectivity index is 1.67. The van der Waals surface area contributed by atoms with Crippen LogP contribution in [0.15, 0.2) is 24.3 Å². The van der Waals surface area contributed by atoms with E-state index >= 15 is 0 Å². The Bertz CT molecular complexity index is 686. The van der Waals surface area contributed by atoms with E-state index in [2.05, 4.69) is 10.6 Å². The fourth-order valence-corrected chi connectivity index (χ4v) is 4.31. The van der Waals surface area contributed by atoms with Gasteiger partial charge in [0.25, 0.3) is 0 Å². The van der Waals surface area contributed by atoms with E-state index in [0.717, 1.165) is 5.56 Å². The molecule has 0 bridgehead atoms. The van der Waals surface area contributed by atoms with Crippen molar-refractivity contribution in [2.24, 2.45) is 0 Å². The summed E-state index contributed by atoms with van der Waals surface area (Å²) in [5.41, 5.74) is 0.907. The van der Waals surface area contributed by atoms with Gasteiger partial charge in [-0.2, -0.15) is 4.31 Å². The van der Waals surface area contributed by atoms with Gasteiger partial charge in [-0.15, -0.1) is 0 Å². The summed E-state index contributed by atoms with van der Waals surface area (Å²) in [5.74, 6) is -0.456. The van der Waals surface area contributed by atoms with Crippen LogP contribution in [0.5, 0.6) is 0 Å². The van der Waals surface area contributed by atoms with Crippen molar-refractivity contribution in [1.29, 1.82) is 0 Å². The first-order chi connectivity index (χ1) is 12.3. The molecule has 2 atom stereocenters. The Morgan fingerprint density at radius 3 is 2.35 bits per heavy atom. The van der Waals surface area contributed by atoms with Crippen molar-refractivity contribution < 1.29 is 22.3 Å².